The molecule has 1 atom stereocenters. The molecule has 0 N–H and O–H groups in total. The SMILES string of the molecule is c1ccc(-c2nc(-c3cccc4c3-c3ccccc3C43c4cccc5cc(-c6ccc(-c7nc(-c8ccc9c(c8)-c8ccccc8C98c9cccc%10ccc%11cccc8c%11c9%10)nc(-c8cccc9ccccc89)n7)cc6)c6cccc3c6c45)nc(-c3cccc4ccccc34)n2)cc1. The second kappa shape index (κ2) is 19.8. The molecule has 0 amide bonds. The second-order valence-electron chi connectivity index (χ2n) is 26.6. The van der Waals surface area contributed by atoms with E-state index in [-0.39, 0.29) is 0 Å². The molecule has 18 aromatic rings. The van der Waals surface area contributed by atoms with Gasteiger partial charge in [-0.25, -0.2) is 29.9 Å². The summed E-state index contributed by atoms with van der Waals surface area (Å²) in [6, 6.07) is 115. The van der Waals surface area contributed by atoms with Gasteiger partial charge in [0, 0.05) is 33.4 Å². The van der Waals surface area contributed by atoms with Gasteiger partial charge in [0.05, 0.1) is 10.8 Å². The molecule has 0 aliphatic heterocycles. The monoisotopic (exact) mass is 1240 g/mol. The first kappa shape index (κ1) is 53.5. The first-order valence-electron chi connectivity index (χ1n) is 33.7. The van der Waals surface area contributed by atoms with Crippen LogP contribution in [0.15, 0.2) is 315 Å². The van der Waals surface area contributed by atoms with Gasteiger partial charge in [-0.3, -0.25) is 0 Å². The second-order valence-corrected chi connectivity index (χ2v) is 26.6. The lowest BCUT2D eigenvalue weighted by molar-refractivity contribution is 0.797. The fraction of sp³-hybridized carbons (Fsp3) is 0.0217. The summed E-state index contributed by atoms with van der Waals surface area (Å²) in [5.41, 5.74) is 21.8. The summed E-state index contributed by atoms with van der Waals surface area (Å²) in [6.07, 6.45) is 0. The highest BCUT2D eigenvalue weighted by Crippen LogP contribution is 2.66. The normalized spacial score (nSPS) is 14.7. The fourth-order valence-electron chi connectivity index (χ4n) is 18.0. The fourth-order valence-corrected chi connectivity index (χ4v) is 18.0. The van der Waals surface area contributed by atoms with Gasteiger partial charge in [0.2, 0.25) is 0 Å². The van der Waals surface area contributed by atoms with Crippen LogP contribution in [0.5, 0.6) is 0 Å². The molecule has 6 heteroatoms. The molecule has 98 heavy (non-hydrogen) atoms. The highest BCUT2D eigenvalue weighted by molar-refractivity contribution is 6.22. The van der Waals surface area contributed by atoms with Gasteiger partial charge < -0.3 is 0 Å². The third-order valence-corrected chi connectivity index (χ3v) is 21.9. The summed E-state index contributed by atoms with van der Waals surface area (Å²) in [4.78, 5) is 32.4. The molecule has 2 spiro atoms. The zero-order valence-electron chi connectivity index (χ0n) is 52.7. The van der Waals surface area contributed by atoms with Gasteiger partial charge in [-0.1, -0.05) is 303 Å². The van der Waals surface area contributed by atoms with Gasteiger partial charge >= 0.3 is 0 Å². The number of aromatic nitrogens is 6. The molecule has 450 valence electrons. The van der Waals surface area contributed by atoms with Crippen molar-refractivity contribution in [2.24, 2.45) is 0 Å². The average Bonchev–Trinajstić information content (AvgIpc) is 1.51. The molecule has 2 aromatic heterocycles. The quantitative estimate of drug-likeness (QED) is 0.148. The Morgan fingerprint density at radius 1 is 0.173 bits per heavy atom. The van der Waals surface area contributed by atoms with E-state index < -0.39 is 10.8 Å². The molecule has 4 aliphatic rings. The predicted octanol–water partition coefficient (Wildman–Crippen LogP) is 22.0. The van der Waals surface area contributed by atoms with Crippen LogP contribution in [0.1, 0.15) is 44.5 Å². The summed E-state index contributed by atoms with van der Waals surface area (Å²) in [6.45, 7) is 0. The molecule has 4 aliphatic carbocycles. The molecule has 0 fully saturated rings. The molecular weight excluding hydrogens is 1190 g/mol. The first-order valence-corrected chi connectivity index (χ1v) is 33.7. The van der Waals surface area contributed by atoms with Crippen LogP contribution in [0.4, 0.5) is 0 Å². The summed E-state index contributed by atoms with van der Waals surface area (Å²) >= 11 is 0. The van der Waals surface area contributed by atoms with E-state index in [0.29, 0.717) is 34.9 Å². The third-order valence-electron chi connectivity index (χ3n) is 21.9. The number of hydrogen-bond acceptors (Lipinski definition) is 6. The number of fused-ring (bicyclic) bond motifs is 16. The minimum Gasteiger partial charge on any atom is -0.208 e. The molecule has 16 aromatic carbocycles. The Labute approximate surface area is 563 Å². The van der Waals surface area contributed by atoms with E-state index in [9.17, 15) is 0 Å². The Morgan fingerprint density at radius 2 is 0.551 bits per heavy atom. The first-order chi connectivity index (χ1) is 48.6. The Balaban J connectivity index is 0.689. The smallest absolute Gasteiger partial charge is 0.164 e. The van der Waals surface area contributed by atoms with E-state index >= 15 is 0 Å². The summed E-state index contributed by atoms with van der Waals surface area (Å²) < 4.78 is 0. The lowest BCUT2D eigenvalue weighted by Gasteiger charge is -2.31. The van der Waals surface area contributed by atoms with Gasteiger partial charge in [-0.05, 0) is 155 Å². The van der Waals surface area contributed by atoms with Crippen molar-refractivity contribution in [1.82, 2.24) is 29.9 Å². The van der Waals surface area contributed by atoms with Crippen molar-refractivity contribution in [3.63, 3.8) is 0 Å². The van der Waals surface area contributed by atoms with Crippen LogP contribution in [0.3, 0.4) is 0 Å². The summed E-state index contributed by atoms with van der Waals surface area (Å²) in [5.74, 6) is 3.76. The van der Waals surface area contributed by atoms with Crippen molar-refractivity contribution >= 4 is 64.6 Å². The molecule has 0 radical (unpaired) electrons. The van der Waals surface area contributed by atoms with E-state index in [2.05, 4.69) is 297 Å². The summed E-state index contributed by atoms with van der Waals surface area (Å²) in [5, 5.41) is 14.6. The van der Waals surface area contributed by atoms with Crippen molar-refractivity contribution in [3.05, 3.63) is 360 Å². The standard InChI is InChI=1S/C92H52N6/c1-2-21-58(22-3-1)85-94-89(67-34-13-24-54-20-5-7-29-63(54)67)98-90(96-85)69-35-18-41-78-83(69)68-31-9-11-37-73(68)92(78)77-40-16-27-60-51-70(65-32-17-42-79(92)84(65)82(60)77)55-43-47-59(48-44-55)86-93-87(97-88(95-86)66-33-12-23-53-19-4-6-28-62(53)66)61-49-50-74-71(52-61)64-30-8-10-36-72(64)91(74)75-38-14-25-56-45-46-57-26-15-39-76(91)81(57)80(56)75/h1-52H. The van der Waals surface area contributed by atoms with E-state index in [0.717, 1.165) is 71.6 Å². The maximum Gasteiger partial charge on any atom is 0.164 e. The maximum absolute atomic E-state index is 5.47. The Hall–Kier alpha value is -12.9. The average molecular weight is 1240 g/mol. The number of hydrogen-bond donors (Lipinski definition) is 0. The minimum atomic E-state index is -0.632. The number of nitrogens with zero attached hydrogens (tertiary/aromatic N) is 6. The zero-order valence-corrected chi connectivity index (χ0v) is 52.7. The largest absolute Gasteiger partial charge is 0.208 e. The van der Waals surface area contributed by atoms with Crippen molar-refractivity contribution in [2.45, 2.75) is 10.8 Å². The molecular formula is C92H52N6. The lowest BCUT2D eigenvalue weighted by Crippen LogP contribution is -2.26. The third kappa shape index (κ3) is 7.09. The van der Waals surface area contributed by atoms with E-state index in [1.54, 1.807) is 0 Å². The van der Waals surface area contributed by atoms with Gasteiger partial charge in [0.25, 0.3) is 0 Å². The predicted molar refractivity (Wildman–Crippen MR) is 398 cm³/mol. The minimum absolute atomic E-state index is 0.472. The van der Waals surface area contributed by atoms with Gasteiger partial charge in [0.15, 0.2) is 34.9 Å². The van der Waals surface area contributed by atoms with Crippen LogP contribution in [0.25, 0.3) is 166 Å². The summed E-state index contributed by atoms with van der Waals surface area (Å²) in [7, 11) is 0. The Bertz CT molecular complexity index is 6500. The zero-order chi connectivity index (χ0) is 64.0. The molecule has 2 heterocycles. The molecule has 1 unspecified atom stereocenters. The number of rotatable bonds is 7. The Kier molecular flexibility index (Phi) is 10.8. The Morgan fingerprint density at radius 3 is 1.21 bits per heavy atom. The van der Waals surface area contributed by atoms with Crippen LogP contribution < -0.4 is 0 Å². The van der Waals surface area contributed by atoms with Crippen LogP contribution in [0.2, 0.25) is 0 Å². The highest BCUT2D eigenvalue weighted by atomic mass is 15.0. The van der Waals surface area contributed by atoms with Crippen molar-refractivity contribution in [2.75, 3.05) is 0 Å². The van der Waals surface area contributed by atoms with E-state index in [4.69, 9.17) is 29.9 Å². The van der Waals surface area contributed by atoms with Crippen LogP contribution in [-0.2, 0) is 10.8 Å². The molecule has 0 saturated carbocycles. The number of benzene rings is 16. The van der Waals surface area contributed by atoms with Crippen molar-refractivity contribution in [3.8, 4) is 102 Å². The van der Waals surface area contributed by atoms with Gasteiger partial charge in [-0.2, -0.15) is 0 Å². The maximum atomic E-state index is 5.47. The van der Waals surface area contributed by atoms with Gasteiger partial charge in [0.1, 0.15) is 0 Å². The molecule has 0 saturated heterocycles. The molecule has 0 bridgehead atoms. The topological polar surface area (TPSA) is 77.3 Å². The van der Waals surface area contributed by atoms with E-state index in [1.165, 1.54) is 104 Å². The van der Waals surface area contributed by atoms with Crippen LogP contribution in [-0.4, -0.2) is 29.9 Å². The van der Waals surface area contributed by atoms with Crippen LogP contribution in [0, 0.1) is 0 Å². The lowest BCUT2D eigenvalue weighted by atomic mass is 9.70. The van der Waals surface area contributed by atoms with Gasteiger partial charge in [-0.15, -0.1) is 0 Å². The van der Waals surface area contributed by atoms with Crippen molar-refractivity contribution < 1.29 is 0 Å². The highest BCUT2D eigenvalue weighted by Gasteiger charge is 2.53. The molecule has 22 rings (SSSR count). The van der Waals surface area contributed by atoms with Crippen molar-refractivity contribution in [1.29, 1.82) is 0 Å². The molecule has 6 nitrogen and oxygen atoms in total. The van der Waals surface area contributed by atoms with Crippen LogP contribution >= 0.6 is 0 Å². The van der Waals surface area contributed by atoms with E-state index in [1.807, 2.05) is 18.2 Å².